The first-order chi connectivity index (χ1) is 14.7. The molecule has 4 rings (SSSR count). The summed E-state index contributed by atoms with van der Waals surface area (Å²) in [5.74, 6) is -3.08. The number of phenols is 1. The molecule has 0 saturated carbocycles. The highest BCUT2D eigenvalue weighted by Crippen LogP contribution is 2.37. The van der Waals surface area contributed by atoms with Gasteiger partial charge in [-0.15, -0.1) is 0 Å². The topological polar surface area (TPSA) is 144 Å². The Hall–Kier alpha value is -2.66. The monoisotopic (exact) mass is 435 g/mol. The third-order valence-corrected chi connectivity index (χ3v) is 5.77. The van der Waals surface area contributed by atoms with E-state index in [1.54, 1.807) is 18.2 Å². The Balaban J connectivity index is 1.60. The molecule has 10 nitrogen and oxygen atoms in total. The van der Waals surface area contributed by atoms with Crippen molar-refractivity contribution in [3.05, 3.63) is 28.8 Å². The van der Waals surface area contributed by atoms with Crippen LogP contribution in [0.25, 0.3) is 6.08 Å². The second-order valence-electron chi connectivity index (χ2n) is 7.92. The molecule has 0 aromatic heterocycles. The molecule has 1 aromatic carbocycles. The summed E-state index contributed by atoms with van der Waals surface area (Å²) < 4.78 is 21.4. The number of fused-ring (bicyclic) bond motifs is 3. The van der Waals surface area contributed by atoms with Crippen molar-refractivity contribution in [3.63, 3.8) is 0 Å². The Morgan fingerprint density at radius 2 is 2.03 bits per heavy atom. The van der Waals surface area contributed by atoms with Crippen molar-refractivity contribution in [1.82, 2.24) is 5.32 Å². The van der Waals surface area contributed by atoms with E-state index in [2.05, 4.69) is 5.32 Å². The first kappa shape index (κ1) is 21.6. The smallest absolute Gasteiger partial charge is 0.334 e. The summed E-state index contributed by atoms with van der Waals surface area (Å²) in [4.78, 5) is 24.5. The molecular formula is C21H25NO9. The molecule has 2 heterocycles. The molecule has 2 fully saturated rings. The SMILES string of the molecule is COc1cc2c(cc1O)CCC(C(=O)OC1C(OC(C)=O)C(O)C3CNCC1(O)O3)=C2. The van der Waals surface area contributed by atoms with E-state index in [1.165, 1.54) is 14.0 Å². The minimum atomic E-state index is -1.96. The molecule has 5 atom stereocenters. The number of methoxy groups -OCH3 is 1. The number of carbonyl (C=O) groups excluding carboxylic acids is 2. The number of hydrogen-bond donors (Lipinski definition) is 4. The Morgan fingerprint density at radius 1 is 1.26 bits per heavy atom. The summed E-state index contributed by atoms with van der Waals surface area (Å²) in [7, 11) is 1.43. The van der Waals surface area contributed by atoms with Gasteiger partial charge in [-0.1, -0.05) is 0 Å². The first-order valence-corrected chi connectivity index (χ1v) is 9.99. The van der Waals surface area contributed by atoms with E-state index >= 15 is 0 Å². The second kappa shape index (κ2) is 8.12. The number of aliphatic hydroxyl groups excluding tert-OH is 1. The lowest BCUT2D eigenvalue weighted by Gasteiger charge is -2.51. The molecule has 1 aromatic rings. The average Bonchev–Trinajstić information content (AvgIpc) is 2.73. The van der Waals surface area contributed by atoms with E-state index in [0.717, 1.165) is 5.56 Å². The van der Waals surface area contributed by atoms with Gasteiger partial charge in [0.1, 0.15) is 12.2 Å². The number of carbonyl (C=O) groups is 2. The Morgan fingerprint density at radius 3 is 2.74 bits per heavy atom. The standard InChI is InChI=1S/C21H25NO9/c1-10(23)29-18-17(25)16-8-22-9-21(27,31-16)19(18)30-20(26)12-4-3-11-6-14(24)15(28-2)7-13(11)5-12/h5-7,16-19,22,24-25,27H,3-4,8-9H2,1-2H3. The average molecular weight is 435 g/mol. The van der Waals surface area contributed by atoms with Crippen LogP contribution in [-0.4, -0.2) is 77.7 Å². The maximum atomic E-state index is 13.0. The highest BCUT2D eigenvalue weighted by atomic mass is 16.7. The van der Waals surface area contributed by atoms with Gasteiger partial charge in [0.2, 0.25) is 5.79 Å². The fourth-order valence-electron chi connectivity index (χ4n) is 4.25. The molecule has 4 N–H and O–H groups in total. The van der Waals surface area contributed by atoms with Crippen LogP contribution in [0.1, 0.15) is 24.5 Å². The van der Waals surface area contributed by atoms with Crippen molar-refractivity contribution in [2.24, 2.45) is 0 Å². The molecule has 168 valence electrons. The normalized spacial score (nSPS) is 31.8. The number of hydrogen-bond acceptors (Lipinski definition) is 10. The molecule has 5 unspecified atom stereocenters. The molecule has 0 spiro atoms. The van der Waals surface area contributed by atoms with Gasteiger partial charge in [0.15, 0.2) is 23.7 Å². The molecule has 2 saturated heterocycles. The van der Waals surface area contributed by atoms with E-state index < -0.39 is 42.1 Å². The number of ether oxygens (including phenoxy) is 4. The van der Waals surface area contributed by atoms with E-state index in [-0.39, 0.29) is 24.6 Å². The third-order valence-electron chi connectivity index (χ3n) is 5.77. The van der Waals surface area contributed by atoms with Gasteiger partial charge in [-0.2, -0.15) is 0 Å². The molecule has 2 bridgehead atoms. The van der Waals surface area contributed by atoms with E-state index in [0.29, 0.717) is 24.0 Å². The van der Waals surface area contributed by atoms with Crippen molar-refractivity contribution in [3.8, 4) is 11.5 Å². The van der Waals surface area contributed by atoms with E-state index in [1.807, 2.05) is 0 Å². The van der Waals surface area contributed by atoms with Crippen LogP contribution in [0.3, 0.4) is 0 Å². The number of aromatic hydroxyl groups is 1. The zero-order valence-corrected chi connectivity index (χ0v) is 17.2. The van der Waals surface area contributed by atoms with Crippen molar-refractivity contribution in [2.45, 2.75) is 50.0 Å². The van der Waals surface area contributed by atoms with Gasteiger partial charge in [0.05, 0.1) is 13.7 Å². The minimum absolute atomic E-state index is 0.0137. The fraction of sp³-hybridized carbons (Fsp3) is 0.524. The van der Waals surface area contributed by atoms with Crippen molar-refractivity contribution >= 4 is 18.0 Å². The van der Waals surface area contributed by atoms with Gasteiger partial charge >= 0.3 is 11.9 Å². The summed E-state index contributed by atoms with van der Waals surface area (Å²) in [6.07, 6.45) is -2.37. The van der Waals surface area contributed by atoms with Crippen molar-refractivity contribution in [2.75, 3.05) is 20.2 Å². The molecule has 0 amide bonds. The highest BCUT2D eigenvalue weighted by molar-refractivity contribution is 5.95. The Bertz CT molecular complexity index is 930. The zero-order valence-electron chi connectivity index (χ0n) is 17.2. The van der Waals surface area contributed by atoms with Gasteiger partial charge in [0, 0.05) is 19.0 Å². The summed E-state index contributed by atoms with van der Waals surface area (Å²) in [6, 6.07) is 3.21. The Labute approximate surface area is 178 Å². The molecule has 2 aliphatic heterocycles. The number of β-amino-alcohol motifs (C(OH)–C–C–N with tert-alkyl or cyclic N) is 1. The maximum absolute atomic E-state index is 13.0. The third kappa shape index (κ3) is 3.99. The molecule has 31 heavy (non-hydrogen) atoms. The van der Waals surface area contributed by atoms with E-state index in [9.17, 15) is 24.9 Å². The van der Waals surface area contributed by atoms with Crippen molar-refractivity contribution in [1.29, 1.82) is 0 Å². The van der Waals surface area contributed by atoms with Gasteiger partial charge in [-0.05, 0) is 42.2 Å². The van der Waals surface area contributed by atoms with Crippen molar-refractivity contribution < 1.29 is 43.9 Å². The second-order valence-corrected chi connectivity index (χ2v) is 7.92. The number of esters is 2. The zero-order chi connectivity index (χ0) is 22.3. The van der Waals surface area contributed by atoms with Crippen LogP contribution in [0.2, 0.25) is 0 Å². The lowest BCUT2D eigenvalue weighted by atomic mass is 9.89. The predicted molar refractivity (Wildman–Crippen MR) is 105 cm³/mol. The number of aliphatic hydroxyl groups is 2. The highest BCUT2D eigenvalue weighted by Gasteiger charge is 2.59. The largest absolute Gasteiger partial charge is 0.504 e. The van der Waals surface area contributed by atoms with Gasteiger partial charge < -0.3 is 39.6 Å². The van der Waals surface area contributed by atoms with Crippen LogP contribution < -0.4 is 10.1 Å². The number of morpholine rings is 1. The molecule has 0 radical (unpaired) electrons. The quantitative estimate of drug-likeness (QED) is 0.462. The number of rotatable bonds is 4. The van der Waals surface area contributed by atoms with Crippen LogP contribution in [0.15, 0.2) is 17.7 Å². The Kier molecular flexibility index (Phi) is 5.65. The summed E-state index contributed by atoms with van der Waals surface area (Å²) >= 11 is 0. The minimum Gasteiger partial charge on any atom is -0.504 e. The predicted octanol–water partition coefficient (Wildman–Crippen LogP) is -0.375. The number of benzene rings is 1. The molecule has 1 aliphatic carbocycles. The van der Waals surface area contributed by atoms with Gasteiger partial charge in [-0.25, -0.2) is 4.79 Å². The molecule has 3 aliphatic rings. The van der Waals surface area contributed by atoms with Crippen LogP contribution in [0, 0.1) is 0 Å². The lowest BCUT2D eigenvalue weighted by molar-refractivity contribution is -0.355. The fourth-order valence-corrected chi connectivity index (χ4v) is 4.25. The van der Waals surface area contributed by atoms with Crippen LogP contribution in [0.5, 0.6) is 11.5 Å². The molecular weight excluding hydrogens is 410 g/mol. The van der Waals surface area contributed by atoms with Crippen LogP contribution in [0.4, 0.5) is 0 Å². The lowest BCUT2D eigenvalue weighted by Crippen LogP contribution is -2.73. The van der Waals surface area contributed by atoms with E-state index in [4.69, 9.17) is 18.9 Å². The van der Waals surface area contributed by atoms with Gasteiger partial charge in [0.25, 0.3) is 0 Å². The van der Waals surface area contributed by atoms with Crippen LogP contribution in [-0.2, 0) is 30.2 Å². The number of aryl methyl sites for hydroxylation is 1. The number of nitrogens with one attached hydrogen (secondary N) is 1. The summed E-state index contributed by atoms with van der Waals surface area (Å²) in [5.41, 5.74) is 1.87. The van der Waals surface area contributed by atoms with Gasteiger partial charge in [-0.3, -0.25) is 4.79 Å². The summed E-state index contributed by atoms with van der Waals surface area (Å²) in [5, 5.41) is 34.4. The first-order valence-electron chi connectivity index (χ1n) is 9.99. The summed E-state index contributed by atoms with van der Waals surface area (Å²) in [6.45, 7) is 1.35. The molecule has 10 heteroatoms. The number of phenolic OH excluding ortho intramolecular Hbond substituents is 1. The maximum Gasteiger partial charge on any atom is 0.334 e. The van der Waals surface area contributed by atoms with Crippen LogP contribution >= 0.6 is 0 Å².